The molecule has 16 heavy (non-hydrogen) atoms. The molecule has 1 unspecified atom stereocenters. The highest BCUT2D eigenvalue weighted by Crippen LogP contribution is 2.29. The van der Waals surface area contributed by atoms with Gasteiger partial charge in [-0.3, -0.25) is 4.98 Å². The fourth-order valence-corrected chi connectivity index (χ4v) is 2.35. The van der Waals surface area contributed by atoms with Crippen LogP contribution in [-0.4, -0.2) is 11.6 Å². The first-order valence-electron chi connectivity index (χ1n) is 5.82. The predicted molar refractivity (Wildman–Crippen MR) is 64.4 cm³/mol. The monoisotopic (exact) mass is 213 g/mol. The van der Waals surface area contributed by atoms with Crippen molar-refractivity contribution < 1.29 is 4.74 Å². The van der Waals surface area contributed by atoms with Crippen LogP contribution in [-0.2, 0) is 4.74 Å². The zero-order valence-electron chi connectivity index (χ0n) is 9.44. The van der Waals surface area contributed by atoms with E-state index in [1.165, 1.54) is 10.9 Å². The lowest BCUT2D eigenvalue weighted by Crippen LogP contribution is -2.00. The maximum Gasteiger partial charge on any atom is 0.0995 e. The van der Waals surface area contributed by atoms with Gasteiger partial charge in [0.15, 0.2) is 0 Å². The van der Waals surface area contributed by atoms with Crippen LogP contribution < -0.4 is 0 Å². The van der Waals surface area contributed by atoms with E-state index >= 15 is 0 Å². The molecule has 0 amide bonds. The van der Waals surface area contributed by atoms with Crippen LogP contribution in [0.15, 0.2) is 30.3 Å². The fourth-order valence-electron chi connectivity index (χ4n) is 2.35. The molecule has 0 saturated carbocycles. The molecule has 2 heteroatoms. The van der Waals surface area contributed by atoms with Crippen LogP contribution in [0.25, 0.3) is 10.9 Å². The Kier molecular flexibility index (Phi) is 2.37. The van der Waals surface area contributed by atoms with Crippen molar-refractivity contribution in [1.29, 1.82) is 0 Å². The first kappa shape index (κ1) is 9.79. The minimum Gasteiger partial charge on any atom is -0.372 e. The van der Waals surface area contributed by atoms with Crippen LogP contribution in [0.5, 0.6) is 0 Å². The van der Waals surface area contributed by atoms with Crippen molar-refractivity contribution in [2.24, 2.45) is 0 Å². The smallest absolute Gasteiger partial charge is 0.0995 e. The van der Waals surface area contributed by atoms with Crippen molar-refractivity contribution in [2.45, 2.75) is 25.9 Å². The van der Waals surface area contributed by atoms with E-state index in [1.54, 1.807) is 0 Å². The van der Waals surface area contributed by atoms with Gasteiger partial charge in [0.1, 0.15) is 0 Å². The molecule has 1 aromatic heterocycles. The number of benzene rings is 1. The SMILES string of the molecule is Cc1cc(C2CCCO2)nc2ccccc12. The third-order valence-corrected chi connectivity index (χ3v) is 3.20. The molecule has 3 rings (SSSR count). The lowest BCUT2D eigenvalue weighted by atomic mass is 10.1. The van der Waals surface area contributed by atoms with Gasteiger partial charge in [0.2, 0.25) is 0 Å². The minimum atomic E-state index is 0.211. The van der Waals surface area contributed by atoms with Crippen molar-refractivity contribution in [3.05, 3.63) is 41.6 Å². The average Bonchev–Trinajstić information content (AvgIpc) is 2.82. The molecular formula is C14H15NO. The number of fused-ring (bicyclic) bond motifs is 1. The third-order valence-electron chi connectivity index (χ3n) is 3.20. The number of hydrogen-bond donors (Lipinski definition) is 0. The van der Waals surface area contributed by atoms with E-state index in [2.05, 4.69) is 31.2 Å². The summed E-state index contributed by atoms with van der Waals surface area (Å²) in [4.78, 5) is 4.69. The van der Waals surface area contributed by atoms with Crippen LogP contribution in [0.1, 0.15) is 30.2 Å². The number of nitrogens with zero attached hydrogens (tertiary/aromatic N) is 1. The van der Waals surface area contributed by atoms with Gasteiger partial charge in [-0.25, -0.2) is 0 Å². The molecule has 0 N–H and O–H groups in total. The normalized spacial score (nSPS) is 20.4. The highest BCUT2D eigenvalue weighted by molar-refractivity contribution is 5.82. The molecule has 1 aliphatic rings. The van der Waals surface area contributed by atoms with Gasteiger partial charge >= 0.3 is 0 Å². The summed E-state index contributed by atoms with van der Waals surface area (Å²) >= 11 is 0. The molecule has 1 saturated heterocycles. The van der Waals surface area contributed by atoms with Crippen molar-refractivity contribution in [2.75, 3.05) is 6.61 Å². The first-order chi connectivity index (χ1) is 7.84. The Hall–Kier alpha value is -1.41. The maximum atomic E-state index is 5.68. The minimum absolute atomic E-state index is 0.211. The Morgan fingerprint density at radius 2 is 2.19 bits per heavy atom. The molecule has 1 aliphatic heterocycles. The van der Waals surface area contributed by atoms with E-state index in [9.17, 15) is 0 Å². The van der Waals surface area contributed by atoms with Crippen molar-refractivity contribution >= 4 is 10.9 Å². The molecule has 2 aromatic rings. The summed E-state index contributed by atoms with van der Waals surface area (Å²) in [7, 11) is 0. The largest absolute Gasteiger partial charge is 0.372 e. The van der Waals surface area contributed by atoms with E-state index < -0.39 is 0 Å². The second-order valence-electron chi connectivity index (χ2n) is 4.38. The second-order valence-corrected chi connectivity index (χ2v) is 4.38. The van der Waals surface area contributed by atoms with E-state index in [1.807, 2.05) is 6.07 Å². The van der Waals surface area contributed by atoms with E-state index in [0.717, 1.165) is 30.7 Å². The molecule has 0 bridgehead atoms. The zero-order valence-corrected chi connectivity index (χ0v) is 9.44. The average molecular weight is 213 g/mol. The predicted octanol–water partition coefficient (Wildman–Crippen LogP) is 3.39. The Balaban J connectivity index is 2.13. The van der Waals surface area contributed by atoms with E-state index in [0.29, 0.717) is 0 Å². The Morgan fingerprint density at radius 1 is 1.31 bits per heavy atom. The van der Waals surface area contributed by atoms with Crippen molar-refractivity contribution in [3.8, 4) is 0 Å². The summed E-state index contributed by atoms with van der Waals surface area (Å²) in [6.45, 7) is 3.01. The van der Waals surface area contributed by atoms with E-state index in [4.69, 9.17) is 9.72 Å². The lowest BCUT2D eigenvalue weighted by Gasteiger charge is -2.11. The van der Waals surface area contributed by atoms with Crippen LogP contribution in [0, 0.1) is 6.92 Å². The van der Waals surface area contributed by atoms with Crippen molar-refractivity contribution in [1.82, 2.24) is 4.98 Å². The van der Waals surface area contributed by atoms with E-state index in [-0.39, 0.29) is 6.10 Å². The van der Waals surface area contributed by atoms with Gasteiger partial charge < -0.3 is 4.74 Å². The molecule has 2 nitrogen and oxygen atoms in total. The second kappa shape index (κ2) is 3.87. The zero-order chi connectivity index (χ0) is 11.0. The molecular weight excluding hydrogens is 198 g/mol. The summed E-state index contributed by atoms with van der Waals surface area (Å²) in [6.07, 6.45) is 2.46. The quantitative estimate of drug-likeness (QED) is 0.724. The van der Waals surface area contributed by atoms with Gasteiger partial charge in [-0.15, -0.1) is 0 Å². The fraction of sp³-hybridized carbons (Fsp3) is 0.357. The van der Waals surface area contributed by atoms with Gasteiger partial charge in [-0.2, -0.15) is 0 Å². The Labute approximate surface area is 95.3 Å². The molecule has 82 valence electrons. The molecule has 1 fully saturated rings. The van der Waals surface area contributed by atoms with Gasteiger partial charge in [-0.1, -0.05) is 18.2 Å². The van der Waals surface area contributed by atoms with Crippen LogP contribution >= 0.6 is 0 Å². The van der Waals surface area contributed by atoms with Gasteiger partial charge in [-0.05, 0) is 37.5 Å². The summed E-state index contributed by atoms with van der Waals surface area (Å²) in [5, 5.41) is 1.24. The number of aromatic nitrogens is 1. The van der Waals surface area contributed by atoms with Crippen LogP contribution in [0.4, 0.5) is 0 Å². The maximum absolute atomic E-state index is 5.68. The highest BCUT2D eigenvalue weighted by atomic mass is 16.5. The summed E-state index contributed by atoms with van der Waals surface area (Å²) < 4.78 is 5.68. The number of aryl methyl sites for hydroxylation is 1. The number of hydrogen-bond acceptors (Lipinski definition) is 2. The topological polar surface area (TPSA) is 22.1 Å². The Morgan fingerprint density at radius 3 is 3.00 bits per heavy atom. The standard InChI is InChI=1S/C14H15NO/c1-10-9-13(14-7-4-8-16-14)15-12-6-3-2-5-11(10)12/h2-3,5-6,9,14H,4,7-8H2,1H3. The number of rotatable bonds is 1. The van der Waals surface area contributed by atoms with Crippen molar-refractivity contribution in [3.63, 3.8) is 0 Å². The van der Waals surface area contributed by atoms with Gasteiger partial charge in [0.05, 0.1) is 17.3 Å². The highest BCUT2D eigenvalue weighted by Gasteiger charge is 2.19. The number of ether oxygens (including phenoxy) is 1. The summed E-state index contributed by atoms with van der Waals surface area (Å²) in [6, 6.07) is 10.5. The third kappa shape index (κ3) is 1.59. The van der Waals surface area contributed by atoms with Gasteiger partial charge in [0, 0.05) is 12.0 Å². The summed E-state index contributed by atoms with van der Waals surface area (Å²) in [5.41, 5.74) is 3.46. The van der Waals surface area contributed by atoms with Gasteiger partial charge in [0.25, 0.3) is 0 Å². The summed E-state index contributed by atoms with van der Waals surface area (Å²) in [5.74, 6) is 0. The number of para-hydroxylation sites is 1. The molecule has 1 aromatic carbocycles. The number of pyridine rings is 1. The lowest BCUT2D eigenvalue weighted by molar-refractivity contribution is 0.109. The molecule has 0 aliphatic carbocycles. The molecule has 0 radical (unpaired) electrons. The first-order valence-corrected chi connectivity index (χ1v) is 5.82. The van der Waals surface area contributed by atoms with Crippen LogP contribution in [0.2, 0.25) is 0 Å². The Bertz CT molecular complexity index is 515. The van der Waals surface area contributed by atoms with Crippen LogP contribution in [0.3, 0.4) is 0 Å². The molecule has 0 spiro atoms. The molecule has 2 heterocycles. The molecule has 1 atom stereocenters.